The molecule has 6 aliphatic heterocycles. The molecule has 2 aromatic carbocycles. The van der Waals surface area contributed by atoms with Crippen molar-refractivity contribution in [3.63, 3.8) is 0 Å². The third-order valence-corrected chi connectivity index (χ3v) is 25.3. The van der Waals surface area contributed by atoms with Crippen LogP contribution in [0.4, 0.5) is 0 Å². The Hall–Kier alpha value is -7.19. The van der Waals surface area contributed by atoms with Crippen LogP contribution in [0.2, 0.25) is 0 Å². The maximum atomic E-state index is 12.6. The van der Waals surface area contributed by atoms with Crippen LogP contribution in [-0.4, -0.2) is 226 Å². The molecule has 8 heterocycles. The second-order valence-corrected chi connectivity index (χ2v) is 38.2. The molecule has 3 saturated heterocycles. The molecule has 624 valence electrons. The molecule has 114 heavy (non-hydrogen) atoms. The number of amides is 3. The summed E-state index contributed by atoms with van der Waals surface area (Å²) < 4.78 is 74.7. The summed E-state index contributed by atoms with van der Waals surface area (Å²) in [6, 6.07) is 16.1. The van der Waals surface area contributed by atoms with Crippen molar-refractivity contribution in [1.82, 2.24) is 39.9 Å². The quantitative estimate of drug-likeness (QED) is 0.0138. The van der Waals surface area contributed by atoms with Crippen molar-refractivity contribution in [2.45, 2.75) is 211 Å². The van der Waals surface area contributed by atoms with Crippen LogP contribution in [0.25, 0.3) is 10.9 Å². The van der Waals surface area contributed by atoms with Crippen LogP contribution in [0.1, 0.15) is 102 Å². The lowest BCUT2D eigenvalue weighted by Gasteiger charge is -2.35. The van der Waals surface area contributed by atoms with Gasteiger partial charge in [0.2, 0.25) is 17.7 Å². The second-order valence-electron chi connectivity index (χ2n) is 28.8. The predicted octanol–water partition coefficient (Wildman–Crippen LogP) is 7.08. The van der Waals surface area contributed by atoms with E-state index in [1.54, 1.807) is 148 Å². The number of esters is 3. The van der Waals surface area contributed by atoms with Gasteiger partial charge < -0.3 is 90.9 Å². The van der Waals surface area contributed by atoms with E-state index in [4.69, 9.17) is 95.7 Å². The van der Waals surface area contributed by atoms with Crippen molar-refractivity contribution in [2.24, 2.45) is 0 Å². The van der Waals surface area contributed by atoms with Gasteiger partial charge in [0.1, 0.15) is 94.6 Å². The zero-order valence-electron chi connectivity index (χ0n) is 65.3. The van der Waals surface area contributed by atoms with Gasteiger partial charge in [-0.1, -0.05) is 25.8 Å². The zero-order valence-corrected chi connectivity index (χ0v) is 70.4. The Labute approximate surface area is 677 Å². The Morgan fingerprint density at radius 3 is 1.21 bits per heavy atom. The summed E-state index contributed by atoms with van der Waals surface area (Å²) in [4.78, 5) is 87.0. The number of carbonyl (C=O) groups is 6. The van der Waals surface area contributed by atoms with Crippen molar-refractivity contribution in [3.05, 3.63) is 159 Å². The summed E-state index contributed by atoms with van der Waals surface area (Å²) in [7, 11) is 1.53. The topological polar surface area (TPSA) is 415 Å². The molecule has 6 unspecified atom stereocenters. The van der Waals surface area contributed by atoms with Gasteiger partial charge >= 0.3 is 37.8 Å². The first-order chi connectivity index (χ1) is 53.4. The normalized spacial score (nSPS) is 27.9. The van der Waals surface area contributed by atoms with E-state index in [0.29, 0.717) is 50.6 Å². The molecule has 3 amide bonds. The molecule has 0 radical (unpaired) electrons. The number of aliphatic hydroxyl groups excluding tert-OH is 3. The van der Waals surface area contributed by atoms with Crippen molar-refractivity contribution >= 4 is 102 Å². The van der Waals surface area contributed by atoms with Gasteiger partial charge in [-0.2, -0.15) is 0 Å². The molecule has 9 N–H and O–H groups in total. The number of hydrogen-bond acceptors (Lipinski definition) is 30. The van der Waals surface area contributed by atoms with Gasteiger partial charge in [0, 0.05) is 36.4 Å². The van der Waals surface area contributed by atoms with Crippen LogP contribution in [0.3, 0.4) is 0 Å². The molecule has 0 saturated carbocycles. The first-order valence-electron chi connectivity index (χ1n) is 36.2. The molecule has 39 heteroatoms. The van der Waals surface area contributed by atoms with Gasteiger partial charge in [-0.25, -0.2) is 15.3 Å². The van der Waals surface area contributed by atoms with E-state index in [-0.39, 0.29) is 75.1 Å². The molecule has 6 aliphatic rings. The SMILES string of the molecule is C=C1C=CN([C@@H]2O[C@H](COP(=S)(NC(C)C(=O)OC(C)C)Oc3ccc(OC)cc3)[C@@H](O)[C@@]2(C)O)C(=O)C1.C=C1C=CN([C@@H]2O[C@H](COP(=S)(NC(C)C(=O)OC(C)C)Oc3cccc4ncccc34)[C@@H](O)[C@@]2(C)O)C(=O)C1.C=C1C=CN([C@@H]2O[C@H](COP(=S)(NC(C)C(=O)OC(C)C)Oc3cccnc3)[C@@H](O)[C@@]2(C)O)C(=O)C1. The minimum Gasteiger partial charge on any atom is -0.497 e. The maximum Gasteiger partial charge on any atom is 0.323 e. The molecule has 10 rings (SSSR count). The Balaban J connectivity index is 0.000000214. The molecular formula is C75H101N8O25P3S3. The number of benzene rings is 2. The highest BCUT2D eigenvalue weighted by atomic mass is 32.5. The van der Waals surface area contributed by atoms with Gasteiger partial charge in [0.25, 0.3) is 0 Å². The van der Waals surface area contributed by atoms with Crippen LogP contribution >= 0.6 is 19.9 Å². The Morgan fingerprint density at radius 2 is 0.868 bits per heavy atom. The minimum atomic E-state index is -3.52. The average Bonchev–Trinajstić information content (AvgIpc) is 1.63. The molecule has 0 bridgehead atoms. The van der Waals surface area contributed by atoms with Gasteiger partial charge in [0.05, 0.1) is 76.2 Å². The number of aliphatic hydroxyl groups is 6. The molecule has 0 spiro atoms. The van der Waals surface area contributed by atoms with Crippen molar-refractivity contribution in [3.8, 4) is 23.0 Å². The van der Waals surface area contributed by atoms with Gasteiger partial charge in [0.15, 0.2) is 18.7 Å². The summed E-state index contributed by atoms with van der Waals surface area (Å²) in [6.07, 6.45) is 2.16. The van der Waals surface area contributed by atoms with E-state index < -0.39 is 128 Å². The van der Waals surface area contributed by atoms with E-state index in [9.17, 15) is 59.4 Å². The fraction of sp³-hybridized carbons (Fsp3) is 0.493. The molecule has 3 fully saturated rings. The first-order valence-corrected chi connectivity index (χ1v) is 44.1. The van der Waals surface area contributed by atoms with Crippen LogP contribution in [0.5, 0.6) is 23.0 Å². The number of fused-ring (bicyclic) bond motifs is 1. The van der Waals surface area contributed by atoms with Crippen molar-refractivity contribution < 1.29 is 120 Å². The fourth-order valence-corrected chi connectivity index (χ4v) is 19.1. The zero-order chi connectivity index (χ0) is 84.2. The lowest BCUT2D eigenvalue weighted by molar-refractivity contribution is -0.156. The Morgan fingerprint density at radius 1 is 0.518 bits per heavy atom. The summed E-state index contributed by atoms with van der Waals surface area (Å²) in [5.41, 5.74) is -2.90. The lowest BCUT2D eigenvalue weighted by Crippen LogP contribution is -2.53. The third kappa shape index (κ3) is 24.0. The monoisotopic (exact) mass is 1700 g/mol. The van der Waals surface area contributed by atoms with E-state index in [1.165, 1.54) is 67.4 Å². The Bertz CT molecular complexity index is 4380. The van der Waals surface area contributed by atoms with Gasteiger partial charge in [-0.15, -0.1) is 0 Å². The maximum absolute atomic E-state index is 12.6. The number of pyridine rings is 2. The number of nitrogens with zero attached hydrogens (tertiary/aromatic N) is 5. The standard InChI is InChI=1S/C27H34N3O8PS.C25H35N2O9PS.C23H32N3O8PS/c1-16(2)36-25(33)18(4)29-39(40,38-21-10-6-9-20-19(21)8-7-12-28-20)35-15-22-24(32)27(5,34)26(37-22)30-13-11-17(3)14-23(30)31;1-15(2)34-23(30)17(4)26-37(38,36-19-9-7-18(32-6)8-10-19)33-14-20-22(29)25(5,31)24(35-20)27-12-11-16(3)13-21(27)28;1-14(2)32-21(29)16(4)25-35(36,34-17-7-6-9-24-12-17)31-13-18-20(28)23(5,30)22(33-18)26-10-8-15(3)11-19(26)27/h6-13,16,18,22,24,26,32,34H,3,14-15H2,1-2,4-5H3,(H,29,40);7-12,15,17,20,22,24,29,31H,3,13-14H2,1-2,4-6H3,(H,26,38);6-10,12,14,16,18,20,22,28,30H,3,11,13H2,1-2,4-5H3,(H,25,36)/t18?,22-,24-,26-,27-,39?;17?,20-,22-,24-,25-,37?;16?,18-,20-,22-,23-,35?/m111/s1. The number of rotatable bonds is 31. The summed E-state index contributed by atoms with van der Waals surface area (Å²) >= 11 is 17.2. The summed E-state index contributed by atoms with van der Waals surface area (Å²) in [6.45, 7) is 19.2. The van der Waals surface area contributed by atoms with Gasteiger partial charge in [-0.05, 0) is 214 Å². The first kappa shape index (κ1) is 92.3. The average molecular weight is 1700 g/mol. The summed E-state index contributed by atoms with van der Waals surface area (Å²) in [5.74, 6) is -0.982. The number of carbonyl (C=O) groups excluding carboxylic acids is 6. The summed E-state index contributed by atoms with van der Waals surface area (Å²) in [5, 5.41) is 75.2. The van der Waals surface area contributed by atoms with Crippen LogP contribution in [-0.2, 0) is 106 Å². The second kappa shape index (κ2) is 39.4. The highest BCUT2D eigenvalue weighted by molar-refractivity contribution is 8.09. The number of allylic oxidation sites excluding steroid dienone is 3. The molecule has 0 aliphatic carbocycles. The van der Waals surface area contributed by atoms with Crippen LogP contribution in [0.15, 0.2) is 159 Å². The number of nitrogens with one attached hydrogen (secondary N) is 3. The van der Waals surface area contributed by atoms with E-state index >= 15 is 0 Å². The van der Waals surface area contributed by atoms with E-state index in [1.807, 2.05) is 12.1 Å². The van der Waals surface area contributed by atoms with E-state index in [2.05, 4.69) is 45.0 Å². The van der Waals surface area contributed by atoms with Gasteiger partial charge in [-0.3, -0.25) is 53.4 Å². The largest absolute Gasteiger partial charge is 0.497 e. The number of aromatic nitrogens is 2. The molecular weight excluding hydrogens is 1600 g/mol. The number of hydrogen-bond donors (Lipinski definition) is 9. The highest BCUT2D eigenvalue weighted by Gasteiger charge is 2.59. The minimum absolute atomic E-state index is 0.0620. The van der Waals surface area contributed by atoms with Crippen LogP contribution in [0, 0.1) is 0 Å². The highest BCUT2D eigenvalue weighted by Crippen LogP contribution is 2.51. The lowest BCUT2D eigenvalue weighted by atomic mass is 9.95. The van der Waals surface area contributed by atoms with Crippen LogP contribution < -0.4 is 33.6 Å². The third-order valence-electron chi connectivity index (χ3n) is 17.8. The van der Waals surface area contributed by atoms with Crippen molar-refractivity contribution in [2.75, 3.05) is 26.9 Å². The molecule has 4 aromatic rings. The molecule has 2 aromatic heterocycles. The molecule has 18 atom stereocenters. The van der Waals surface area contributed by atoms with Crippen molar-refractivity contribution in [1.29, 1.82) is 0 Å². The fourth-order valence-electron chi connectivity index (χ4n) is 11.9. The smallest absolute Gasteiger partial charge is 0.323 e. The molecule has 33 nitrogen and oxygen atoms in total. The Kier molecular flexibility index (Phi) is 31.9. The van der Waals surface area contributed by atoms with E-state index in [0.717, 1.165) is 0 Å². The predicted molar refractivity (Wildman–Crippen MR) is 428 cm³/mol. The number of methoxy groups -OCH3 is 1. The number of ether oxygens (including phenoxy) is 7.